The lowest BCUT2D eigenvalue weighted by Crippen LogP contribution is -2.35. The number of benzene rings is 2. The van der Waals surface area contributed by atoms with Crippen LogP contribution in [0, 0.1) is 0 Å². The Hall–Kier alpha value is -2.50. The minimum atomic E-state index is -0.551. The van der Waals surface area contributed by atoms with Gasteiger partial charge in [0.25, 0.3) is 0 Å². The van der Waals surface area contributed by atoms with Gasteiger partial charge < -0.3 is 19.3 Å². The predicted octanol–water partition coefficient (Wildman–Crippen LogP) is 3.76. The van der Waals surface area contributed by atoms with E-state index in [1.807, 2.05) is 36.4 Å². The maximum absolute atomic E-state index is 10.6. The van der Waals surface area contributed by atoms with Gasteiger partial charge in [-0.05, 0) is 55.1 Å². The number of likely N-dealkylation sites (tertiary alicyclic amines) is 1. The molecule has 5 heteroatoms. The first-order chi connectivity index (χ1) is 14.2. The Labute approximate surface area is 172 Å². The van der Waals surface area contributed by atoms with Crippen LogP contribution in [-0.2, 0) is 6.42 Å². The summed E-state index contributed by atoms with van der Waals surface area (Å²) < 4.78 is 17.3. The molecular formula is C24H29NO4. The molecule has 0 aliphatic carbocycles. The minimum Gasteiger partial charge on any atom is -0.491 e. The van der Waals surface area contributed by atoms with Crippen molar-refractivity contribution in [3.8, 4) is 17.2 Å². The fraction of sp³-hybridized carbons (Fsp3) is 0.417. The van der Waals surface area contributed by atoms with E-state index in [-0.39, 0.29) is 12.6 Å². The summed E-state index contributed by atoms with van der Waals surface area (Å²) >= 11 is 0. The smallest absolute Gasteiger partial charge is 0.161 e. The van der Waals surface area contributed by atoms with Crippen LogP contribution in [0.15, 0.2) is 55.1 Å². The molecule has 2 aromatic carbocycles. The molecule has 2 aliphatic rings. The topological polar surface area (TPSA) is 51.2 Å². The molecule has 1 N–H and O–H groups in total. The number of hydrogen-bond acceptors (Lipinski definition) is 5. The van der Waals surface area contributed by atoms with Gasteiger partial charge in [0.05, 0.1) is 0 Å². The van der Waals surface area contributed by atoms with E-state index in [9.17, 15) is 5.11 Å². The van der Waals surface area contributed by atoms with Crippen LogP contribution in [0.1, 0.15) is 30.0 Å². The number of allylic oxidation sites excluding steroid dienone is 1. The average Bonchev–Trinajstić information content (AvgIpc) is 3.21. The van der Waals surface area contributed by atoms with Crippen molar-refractivity contribution in [2.24, 2.45) is 0 Å². The average molecular weight is 395 g/mol. The highest BCUT2D eigenvalue weighted by atomic mass is 16.6. The molecule has 1 fully saturated rings. The van der Waals surface area contributed by atoms with Crippen LogP contribution in [0.2, 0.25) is 0 Å². The molecule has 0 aromatic heterocycles. The zero-order chi connectivity index (χ0) is 20.1. The fourth-order valence-corrected chi connectivity index (χ4v) is 4.17. The van der Waals surface area contributed by atoms with E-state index in [0.717, 1.165) is 48.6 Å². The van der Waals surface area contributed by atoms with Crippen molar-refractivity contribution in [3.63, 3.8) is 0 Å². The molecule has 0 spiro atoms. The van der Waals surface area contributed by atoms with Crippen LogP contribution in [0.3, 0.4) is 0 Å². The second-order valence-corrected chi connectivity index (χ2v) is 7.62. The molecule has 0 bridgehead atoms. The zero-order valence-corrected chi connectivity index (χ0v) is 16.8. The molecule has 4 rings (SSSR count). The van der Waals surface area contributed by atoms with Gasteiger partial charge in [0.2, 0.25) is 0 Å². The molecular weight excluding hydrogens is 366 g/mol. The molecule has 0 amide bonds. The Morgan fingerprint density at radius 1 is 1.17 bits per heavy atom. The van der Waals surface area contributed by atoms with Gasteiger partial charge in [0, 0.05) is 12.6 Å². The third-order valence-electron chi connectivity index (χ3n) is 5.53. The van der Waals surface area contributed by atoms with E-state index in [4.69, 9.17) is 14.2 Å². The third kappa shape index (κ3) is 4.74. The van der Waals surface area contributed by atoms with Crippen molar-refractivity contribution < 1.29 is 19.3 Å². The lowest BCUT2D eigenvalue weighted by molar-refractivity contribution is 0.0635. The number of ether oxygens (including phenoxy) is 3. The number of β-amino-alcohol motifs (C(OH)–C–C–N with tert-alkyl or cyclic N) is 1. The first-order valence-electron chi connectivity index (χ1n) is 10.4. The molecule has 2 aliphatic heterocycles. The monoisotopic (exact) mass is 395 g/mol. The molecule has 5 nitrogen and oxygen atoms in total. The van der Waals surface area contributed by atoms with Gasteiger partial charge in [-0.2, -0.15) is 0 Å². The molecule has 2 heterocycles. The van der Waals surface area contributed by atoms with Crippen molar-refractivity contribution in [1.82, 2.24) is 4.90 Å². The molecule has 0 saturated carbocycles. The van der Waals surface area contributed by atoms with Crippen molar-refractivity contribution in [3.05, 3.63) is 66.2 Å². The summed E-state index contributed by atoms with van der Waals surface area (Å²) in [5.74, 6) is 2.45. The van der Waals surface area contributed by atoms with Crippen LogP contribution >= 0.6 is 0 Å². The van der Waals surface area contributed by atoms with Crippen molar-refractivity contribution >= 4 is 0 Å². The quantitative estimate of drug-likeness (QED) is 0.690. The highest BCUT2D eigenvalue weighted by Gasteiger charge is 2.29. The van der Waals surface area contributed by atoms with Gasteiger partial charge in [0.15, 0.2) is 11.5 Å². The van der Waals surface area contributed by atoms with Crippen LogP contribution in [0.25, 0.3) is 0 Å². The first-order valence-corrected chi connectivity index (χ1v) is 10.4. The summed E-state index contributed by atoms with van der Waals surface area (Å²) in [7, 11) is 0. The summed E-state index contributed by atoms with van der Waals surface area (Å²) in [5, 5.41) is 10.6. The minimum absolute atomic E-state index is 0.276. The predicted molar refractivity (Wildman–Crippen MR) is 113 cm³/mol. The summed E-state index contributed by atoms with van der Waals surface area (Å²) in [6, 6.07) is 14.4. The molecule has 0 unspecified atom stereocenters. The Morgan fingerprint density at radius 2 is 2.00 bits per heavy atom. The Morgan fingerprint density at radius 3 is 2.86 bits per heavy atom. The standard InChI is InChI=1S/C24H29NO4/c1-2-6-18-7-3-4-9-22(18)29-17-20(26)16-25-12-5-8-21(25)19-10-11-23-24(15-19)28-14-13-27-23/h2-4,7,9-11,15,20-21,26H,1,5-6,8,12-14,16-17H2/t20-,21-/m0/s1. The molecule has 2 atom stereocenters. The van der Waals surface area contributed by atoms with E-state index in [1.165, 1.54) is 5.56 Å². The lowest BCUT2D eigenvalue weighted by atomic mass is 10.0. The zero-order valence-electron chi connectivity index (χ0n) is 16.8. The Bertz CT molecular complexity index is 837. The number of hydrogen-bond donors (Lipinski definition) is 1. The van der Waals surface area contributed by atoms with Crippen LogP contribution in [0.4, 0.5) is 0 Å². The normalized spacial score (nSPS) is 19.7. The van der Waals surface area contributed by atoms with Crippen molar-refractivity contribution in [1.29, 1.82) is 0 Å². The second kappa shape index (κ2) is 9.33. The summed E-state index contributed by atoms with van der Waals surface area (Å²) in [5.41, 5.74) is 2.31. The van der Waals surface area contributed by atoms with E-state index in [2.05, 4.69) is 23.6 Å². The van der Waals surface area contributed by atoms with Gasteiger partial charge in [-0.1, -0.05) is 30.3 Å². The van der Waals surface area contributed by atoms with E-state index >= 15 is 0 Å². The lowest BCUT2D eigenvalue weighted by Gasteiger charge is -2.28. The van der Waals surface area contributed by atoms with E-state index < -0.39 is 6.10 Å². The SMILES string of the molecule is C=CCc1ccccc1OC[C@@H](O)CN1CCC[C@H]1c1ccc2c(c1)OCCO2. The van der Waals surface area contributed by atoms with Crippen molar-refractivity contribution in [2.45, 2.75) is 31.4 Å². The second-order valence-electron chi connectivity index (χ2n) is 7.62. The largest absolute Gasteiger partial charge is 0.491 e. The van der Waals surface area contributed by atoms with Gasteiger partial charge in [-0.15, -0.1) is 6.58 Å². The number of rotatable bonds is 8. The van der Waals surface area contributed by atoms with E-state index in [0.29, 0.717) is 19.8 Å². The van der Waals surface area contributed by atoms with Gasteiger partial charge in [-0.3, -0.25) is 4.90 Å². The van der Waals surface area contributed by atoms with Crippen LogP contribution in [-0.4, -0.2) is 49.0 Å². The highest BCUT2D eigenvalue weighted by molar-refractivity contribution is 5.44. The van der Waals surface area contributed by atoms with Gasteiger partial charge in [-0.25, -0.2) is 0 Å². The molecule has 1 saturated heterocycles. The maximum Gasteiger partial charge on any atom is 0.161 e. The maximum atomic E-state index is 10.6. The van der Waals surface area contributed by atoms with Crippen LogP contribution < -0.4 is 14.2 Å². The van der Waals surface area contributed by atoms with Crippen molar-refractivity contribution in [2.75, 3.05) is 32.9 Å². The number of aliphatic hydroxyl groups is 1. The Balaban J connectivity index is 1.36. The summed E-state index contributed by atoms with van der Waals surface area (Å²) in [4.78, 5) is 2.34. The first kappa shape index (κ1) is 19.8. The molecule has 2 aromatic rings. The van der Waals surface area contributed by atoms with E-state index in [1.54, 1.807) is 0 Å². The number of para-hydroxylation sites is 1. The summed E-state index contributed by atoms with van der Waals surface area (Å²) in [6.07, 6.45) is 4.26. The van der Waals surface area contributed by atoms with Gasteiger partial charge >= 0.3 is 0 Å². The fourth-order valence-electron chi connectivity index (χ4n) is 4.17. The molecule has 154 valence electrons. The Kier molecular flexibility index (Phi) is 6.37. The summed E-state index contributed by atoms with van der Waals surface area (Å²) in [6.45, 7) is 6.83. The molecule has 29 heavy (non-hydrogen) atoms. The number of fused-ring (bicyclic) bond motifs is 1. The molecule has 0 radical (unpaired) electrons. The highest BCUT2D eigenvalue weighted by Crippen LogP contribution is 2.38. The van der Waals surface area contributed by atoms with Crippen LogP contribution in [0.5, 0.6) is 17.2 Å². The number of nitrogens with zero attached hydrogens (tertiary/aromatic N) is 1. The third-order valence-corrected chi connectivity index (χ3v) is 5.53. The number of aliphatic hydroxyl groups excluding tert-OH is 1. The van der Waals surface area contributed by atoms with Gasteiger partial charge in [0.1, 0.15) is 31.7 Å².